The fourth-order valence-electron chi connectivity index (χ4n) is 2.83. The van der Waals surface area contributed by atoms with E-state index in [9.17, 15) is 9.90 Å². The molecule has 0 aliphatic heterocycles. The van der Waals surface area contributed by atoms with Crippen molar-refractivity contribution in [2.24, 2.45) is 10.2 Å². The Balaban J connectivity index is 1.75. The van der Waals surface area contributed by atoms with Crippen LogP contribution in [0.15, 0.2) is 58.8 Å². The number of fused-ring (bicyclic) bond motifs is 1. The summed E-state index contributed by atoms with van der Waals surface area (Å²) in [4.78, 5) is 12.0. The maximum Gasteiger partial charge on any atom is 0.302 e. The summed E-state index contributed by atoms with van der Waals surface area (Å²) in [6, 6.07) is 16.7. The summed E-state index contributed by atoms with van der Waals surface area (Å²) in [7, 11) is 0. The predicted octanol–water partition coefficient (Wildman–Crippen LogP) is 4.65. The molecule has 0 aliphatic carbocycles. The molecule has 3 aromatic rings. The first-order valence-corrected chi connectivity index (χ1v) is 8.91. The second-order valence-electron chi connectivity index (χ2n) is 6.30. The molecule has 1 heterocycles. The molecule has 0 fully saturated rings. The number of aromatic hydroxyl groups is 1. The average molecular weight is 376 g/mol. The van der Waals surface area contributed by atoms with Gasteiger partial charge in [-0.3, -0.25) is 4.79 Å². The van der Waals surface area contributed by atoms with Crippen molar-refractivity contribution in [1.82, 2.24) is 4.57 Å². The van der Waals surface area contributed by atoms with Gasteiger partial charge in [-0.1, -0.05) is 35.9 Å². The van der Waals surface area contributed by atoms with Gasteiger partial charge in [0.15, 0.2) is 12.3 Å². The molecule has 0 bridgehead atoms. The molecule has 0 saturated heterocycles. The predicted molar refractivity (Wildman–Crippen MR) is 105 cm³/mol. The highest BCUT2D eigenvalue weighted by Gasteiger charge is 2.16. The van der Waals surface area contributed by atoms with Crippen LogP contribution in [0.3, 0.4) is 0 Å². The number of rotatable bonds is 7. The highest BCUT2D eigenvalue weighted by Crippen LogP contribution is 2.38. The van der Waals surface area contributed by atoms with Crippen LogP contribution in [-0.2, 0) is 11.3 Å². The standard InChI is InChI=1S/C21H20N4O3/c1-15-8-10-16(11-9-15)28-14-19(26)23-24-20-17-6-2-3-7-18(17)25(21(20)27)13-5-4-12-22/h2-3,6-11,27H,4-5,13-14H2,1H3. The molecular formula is C21H20N4O3. The van der Waals surface area contributed by atoms with Crippen molar-refractivity contribution < 1.29 is 14.6 Å². The van der Waals surface area contributed by atoms with Crippen molar-refractivity contribution in [2.45, 2.75) is 26.3 Å². The van der Waals surface area contributed by atoms with Gasteiger partial charge in [0, 0.05) is 18.4 Å². The highest BCUT2D eigenvalue weighted by atomic mass is 16.5. The number of para-hydroxylation sites is 1. The van der Waals surface area contributed by atoms with Gasteiger partial charge in [-0.15, -0.1) is 10.2 Å². The number of hydrogen-bond acceptors (Lipinski definition) is 5. The summed E-state index contributed by atoms with van der Waals surface area (Å²) in [6.07, 6.45) is 0.986. The van der Waals surface area contributed by atoms with Gasteiger partial charge in [-0.05, 0) is 31.5 Å². The monoisotopic (exact) mass is 376 g/mol. The van der Waals surface area contributed by atoms with E-state index in [-0.39, 0.29) is 18.2 Å². The highest BCUT2D eigenvalue weighted by molar-refractivity contribution is 5.95. The lowest BCUT2D eigenvalue weighted by atomic mass is 10.2. The lowest BCUT2D eigenvalue weighted by Crippen LogP contribution is -2.07. The van der Waals surface area contributed by atoms with Gasteiger partial charge in [-0.2, -0.15) is 5.26 Å². The molecule has 3 rings (SSSR count). The fraction of sp³-hybridized carbons (Fsp3) is 0.238. The zero-order chi connectivity index (χ0) is 19.9. The molecule has 7 nitrogen and oxygen atoms in total. The number of amides is 1. The molecule has 0 spiro atoms. The van der Waals surface area contributed by atoms with Crippen LogP contribution in [0.2, 0.25) is 0 Å². The molecule has 1 amide bonds. The number of aromatic nitrogens is 1. The Labute approximate surface area is 162 Å². The summed E-state index contributed by atoms with van der Waals surface area (Å²) >= 11 is 0. The number of benzene rings is 2. The minimum atomic E-state index is -0.554. The molecular weight excluding hydrogens is 356 g/mol. The molecule has 0 saturated carbocycles. The Hall–Kier alpha value is -3.66. The van der Waals surface area contributed by atoms with Gasteiger partial charge in [0.05, 0.1) is 11.6 Å². The van der Waals surface area contributed by atoms with Crippen molar-refractivity contribution >= 4 is 22.5 Å². The quantitative estimate of drug-likeness (QED) is 0.479. The molecule has 0 aliphatic rings. The molecule has 7 heteroatoms. The normalized spacial score (nSPS) is 11.0. The SMILES string of the molecule is Cc1ccc(OCC(=O)N=Nc2c(O)n(CCCC#N)c3ccccc23)cc1. The van der Waals surface area contributed by atoms with Gasteiger partial charge in [0.1, 0.15) is 5.75 Å². The topological polar surface area (TPSA) is 100.0 Å². The van der Waals surface area contributed by atoms with Crippen LogP contribution in [0.25, 0.3) is 10.9 Å². The smallest absolute Gasteiger partial charge is 0.302 e. The number of carbonyl (C=O) groups excluding carboxylic acids is 1. The Morgan fingerprint density at radius 2 is 1.96 bits per heavy atom. The van der Waals surface area contributed by atoms with Gasteiger partial charge < -0.3 is 14.4 Å². The largest absolute Gasteiger partial charge is 0.493 e. The van der Waals surface area contributed by atoms with Crippen LogP contribution < -0.4 is 4.74 Å². The van der Waals surface area contributed by atoms with Crippen molar-refractivity contribution in [2.75, 3.05) is 6.61 Å². The third kappa shape index (κ3) is 4.35. The summed E-state index contributed by atoms with van der Waals surface area (Å²) in [5.74, 6) is -0.0532. The fourth-order valence-corrected chi connectivity index (χ4v) is 2.83. The van der Waals surface area contributed by atoms with Crippen molar-refractivity contribution in [3.8, 4) is 17.7 Å². The Morgan fingerprint density at radius 1 is 1.21 bits per heavy atom. The van der Waals surface area contributed by atoms with Crippen LogP contribution in [0.5, 0.6) is 11.6 Å². The third-order valence-corrected chi connectivity index (χ3v) is 4.23. The van der Waals surface area contributed by atoms with E-state index in [1.54, 1.807) is 22.8 Å². The van der Waals surface area contributed by atoms with Gasteiger partial charge in [-0.25, -0.2) is 0 Å². The van der Waals surface area contributed by atoms with Gasteiger partial charge >= 0.3 is 5.91 Å². The van der Waals surface area contributed by atoms with E-state index in [0.29, 0.717) is 30.5 Å². The number of ether oxygens (including phenoxy) is 1. The Morgan fingerprint density at radius 3 is 2.71 bits per heavy atom. The Kier molecular flexibility index (Phi) is 6.02. The molecule has 0 atom stereocenters. The molecule has 2 aromatic carbocycles. The maximum absolute atomic E-state index is 12.0. The summed E-state index contributed by atoms with van der Waals surface area (Å²) in [5, 5.41) is 27.6. The second-order valence-corrected chi connectivity index (χ2v) is 6.30. The average Bonchev–Trinajstić information content (AvgIpc) is 2.97. The van der Waals surface area contributed by atoms with Crippen LogP contribution >= 0.6 is 0 Å². The van der Waals surface area contributed by atoms with E-state index >= 15 is 0 Å². The Bertz CT molecular complexity index is 1050. The molecule has 0 radical (unpaired) electrons. The summed E-state index contributed by atoms with van der Waals surface area (Å²) in [5.41, 5.74) is 2.10. The number of unbranched alkanes of at least 4 members (excludes halogenated alkanes) is 1. The number of nitrogens with zero attached hydrogens (tertiary/aromatic N) is 4. The first-order valence-electron chi connectivity index (χ1n) is 8.91. The number of carbonyl (C=O) groups is 1. The molecule has 28 heavy (non-hydrogen) atoms. The lowest BCUT2D eigenvalue weighted by molar-refractivity contribution is -0.120. The molecule has 0 unspecified atom stereocenters. The number of azo groups is 1. The first-order chi connectivity index (χ1) is 13.6. The number of hydrogen-bond donors (Lipinski definition) is 1. The van der Waals surface area contributed by atoms with E-state index in [2.05, 4.69) is 16.3 Å². The van der Waals surface area contributed by atoms with E-state index < -0.39 is 5.91 Å². The molecule has 142 valence electrons. The molecule has 1 aromatic heterocycles. The van der Waals surface area contributed by atoms with Crippen LogP contribution in [0.4, 0.5) is 5.69 Å². The van der Waals surface area contributed by atoms with Crippen molar-refractivity contribution in [3.05, 3.63) is 54.1 Å². The number of nitriles is 1. The minimum absolute atomic E-state index is 0.0739. The second kappa shape index (κ2) is 8.82. The van der Waals surface area contributed by atoms with Gasteiger partial charge in [0.2, 0.25) is 5.88 Å². The van der Waals surface area contributed by atoms with E-state index in [4.69, 9.17) is 10.00 Å². The van der Waals surface area contributed by atoms with E-state index in [1.165, 1.54) is 0 Å². The minimum Gasteiger partial charge on any atom is -0.493 e. The summed E-state index contributed by atoms with van der Waals surface area (Å²) in [6.45, 7) is 2.19. The third-order valence-electron chi connectivity index (χ3n) is 4.23. The zero-order valence-electron chi connectivity index (χ0n) is 15.5. The summed E-state index contributed by atoms with van der Waals surface area (Å²) < 4.78 is 7.07. The van der Waals surface area contributed by atoms with Gasteiger partial charge in [0.25, 0.3) is 0 Å². The van der Waals surface area contributed by atoms with E-state index in [1.807, 2.05) is 37.3 Å². The lowest BCUT2D eigenvalue weighted by Gasteiger charge is -2.04. The van der Waals surface area contributed by atoms with Crippen LogP contribution in [0, 0.1) is 18.3 Å². The van der Waals surface area contributed by atoms with E-state index in [0.717, 1.165) is 11.1 Å². The first kappa shape index (κ1) is 19.1. The maximum atomic E-state index is 12.0. The number of aryl methyl sites for hydroxylation is 2. The van der Waals surface area contributed by atoms with Crippen molar-refractivity contribution in [1.29, 1.82) is 5.26 Å². The van der Waals surface area contributed by atoms with Crippen LogP contribution in [-0.4, -0.2) is 22.2 Å². The zero-order valence-corrected chi connectivity index (χ0v) is 15.5. The molecule has 1 N–H and O–H groups in total. The van der Waals surface area contributed by atoms with Crippen LogP contribution in [0.1, 0.15) is 18.4 Å². The van der Waals surface area contributed by atoms with Crippen molar-refractivity contribution in [3.63, 3.8) is 0 Å².